The lowest BCUT2D eigenvalue weighted by molar-refractivity contribution is -0.144. The van der Waals surface area contributed by atoms with Gasteiger partial charge in [0, 0.05) is 16.5 Å². The Morgan fingerprint density at radius 1 is 1.08 bits per heavy atom. The molecule has 0 atom stereocenters. The van der Waals surface area contributed by atoms with E-state index in [1.807, 2.05) is 54.6 Å². The molecule has 7 heteroatoms. The number of esters is 1. The van der Waals surface area contributed by atoms with Crippen LogP contribution in [0.1, 0.15) is 12.3 Å². The molecular weight excluding hydrogens is 400 g/mol. The summed E-state index contributed by atoms with van der Waals surface area (Å²) in [5.41, 5.74) is 0.870. The Bertz CT molecular complexity index is 852. The molecule has 3 rings (SSSR count). The maximum Gasteiger partial charge on any atom is 0.306 e. The van der Waals surface area contributed by atoms with Crippen LogP contribution >= 0.6 is 15.9 Å². The molecule has 2 aromatic carbocycles. The second kappa shape index (κ2) is 9.15. The van der Waals surface area contributed by atoms with Crippen molar-refractivity contribution in [2.75, 3.05) is 13.2 Å². The normalized spacial score (nSPS) is 10.5. The van der Waals surface area contributed by atoms with E-state index in [4.69, 9.17) is 14.0 Å². The fourth-order valence-electron chi connectivity index (χ4n) is 2.21. The summed E-state index contributed by atoms with van der Waals surface area (Å²) in [5, 5.41) is 3.92. The molecule has 0 amide bonds. The van der Waals surface area contributed by atoms with Gasteiger partial charge in [0.2, 0.25) is 11.7 Å². The Kier molecular flexibility index (Phi) is 6.38. The Labute approximate surface area is 159 Å². The maximum absolute atomic E-state index is 11.8. The summed E-state index contributed by atoms with van der Waals surface area (Å²) in [6, 6.07) is 17.0. The molecule has 0 saturated heterocycles. The second-order valence-electron chi connectivity index (χ2n) is 5.40. The summed E-state index contributed by atoms with van der Waals surface area (Å²) in [6.07, 6.45) is 0.512. The number of carbonyl (C=O) groups excluding carboxylic acids is 1. The molecule has 134 valence electrons. The van der Waals surface area contributed by atoms with Gasteiger partial charge in [-0.1, -0.05) is 57.5 Å². The van der Waals surface area contributed by atoms with Crippen molar-refractivity contribution in [3.8, 4) is 17.1 Å². The molecule has 1 heterocycles. The Morgan fingerprint density at radius 2 is 1.92 bits per heavy atom. The van der Waals surface area contributed by atoms with Crippen molar-refractivity contribution in [2.24, 2.45) is 0 Å². The van der Waals surface area contributed by atoms with E-state index in [0.29, 0.717) is 24.7 Å². The zero-order valence-electron chi connectivity index (χ0n) is 13.9. The van der Waals surface area contributed by atoms with Gasteiger partial charge in [0.25, 0.3) is 0 Å². The molecule has 0 aliphatic carbocycles. The van der Waals surface area contributed by atoms with E-state index in [0.717, 1.165) is 15.8 Å². The highest BCUT2D eigenvalue weighted by molar-refractivity contribution is 9.10. The van der Waals surface area contributed by atoms with Crippen LogP contribution in [0.2, 0.25) is 0 Å². The highest BCUT2D eigenvalue weighted by Crippen LogP contribution is 2.18. The minimum Gasteiger partial charge on any atom is -0.490 e. The topological polar surface area (TPSA) is 74.5 Å². The largest absolute Gasteiger partial charge is 0.490 e. The van der Waals surface area contributed by atoms with Crippen molar-refractivity contribution in [3.05, 3.63) is 65.0 Å². The van der Waals surface area contributed by atoms with Crippen LogP contribution in [-0.2, 0) is 16.0 Å². The van der Waals surface area contributed by atoms with Gasteiger partial charge in [0.1, 0.15) is 19.0 Å². The molecule has 3 aromatic rings. The van der Waals surface area contributed by atoms with Gasteiger partial charge in [-0.3, -0.25) is 4.79 Å². The van der Waals surface area contributed by atoms with Gasteiger partial charge in [-0.15, -0.1) is 0 Å². The van der Waals surface area contributed by atoms with Crippen LogP contribution in [0.3, 0.4) is 0 Å². The number of benzene rings is 2. The number of carbonyl (C=O) groups is 1. The highest BCUT2D eigenvalue weighted by Gasteiger charge is 2.11. The number of aromatic nitrogens is 2. The third-order valence-electron chi connectivity index (χ3n) is 3.45. The number of halogens is 1. The van der Waals surface area contributed by atoms with E-state index in [1.54, 1.807) is 0 Å². The summed E-state index contributed by atoms with van der Waals surface area (Å²) in [4.78, 5) is 16.1. The highest BCUT2D eigenvalue weighted by atomic mass is 79.9. The first-order valence-electron chi connectivity index (χ1n) is 8.13. The molecule has 0 aliphatic heterocycles. The lowest BCUT2D eigenvalue weighted by atomic mass is 10.2. The first kappa shape index (κ1) is 18.1. The zero-order valence-corrected chi connectivity index (χ0v) is 15.5. The van der Waals surface area contributed by atoms with Crippen molar-refractivity contribution in [1.29, 1.82) is 0 Å². The fourth-order valence-corrected chi connectivity index (χ4v) is 2.59. The average molecular weight is 417 g/mol. The smallest absolute Gasteiger partial charge is 0.306 e. The van der Waals surface area contributed by atoms with Gasteiger partial charge in [0.05, 0.1) is 6.42 Å². The summed E-state index contributed by atoms with van der Waals surface area (Å²) in [5.74, 6) is 1.31. The molecule has 0 spiro atoms. The van der Waals surface area contributed by atoms with Crippen molar-refractivity contribution in [3.63, 3.8) is 0 Å². The molecule has 6 nitrogen and oxygen atoms in total. The fraction of sp³-hybridized carbons (Fsp3) is 0.211. The monoisotopic (exact) mass is 416 g/mol. The van der Waals surface area contributed by atoms with Crippen LogP contribution in [0.25, 0.3) is 11.4 Å². The van der Waals surface area contributed by atoms with E-state index >= 15 is 0 Å². The SMILES string of the molecule is O=C(CCc1nc(-c2ccccc2)no1)OCCOc1cccc(Br)c1. The molecular formula is C19H17BrN2O4. The Morgan fingerprint density at radius 3 is 2.73 bits per heavy atom. The van der Waals surface area contributed by atoms with E-state index < -0.39 is 0 Å². The lowest BCUT2D eigenvalue weighted by Gasteiger charge is -2.07. The molecule has 1 aromatic heterocycles. The van der Waals surface area contributed by atoms with Crippen LogP contribution < -0.4 is 4.74 Å². The van der Waals surface area contributed by atoms with Gasteiger partial charge >= 0.3 is 5.97 Å². The van der Waals surface area contributed by atoms with Gasteiger partial charge in [-0.2, -0.15) is 4.98 Å². The van der Waals surface area contributed by atoms with Gasteiger partial charge < -0.3 is 14.0 Å². The van der Waals surface area contributed by atoms with E-state index in [-0.39, 0.29) is 19.0 Å². The summed E-state index contributed by atoms with van der Waals surface area (Å²) in [6.45, 7) is 0.478. The predicted octanol–water partition coefficient (Wildman–Crippen LogP) is 4.05. The first-order chi connectivity index (χ1) is 12.7. The number of aryl methyl sites for hydroxylation is 1. The van der Waals surface area contributed by atoms with Crippen molar-refractivity contribution >= 4 is 21.9 Å². The van der Waals surface area contributed by atoms with E-state index in [2.05, 4.69) is 26.1 Å². The second-order valence-corrected chi connectivity index (χ2v) is 6.32. The average Bonchev–Trinajstić information content (AvgIpc) is 3.13. The van der Waals surface area contributed by atoms with Crippen LogP contribution in [-0.4, -0.2) is 29.3 Å². The molecule has 0 radical (unpaired) electrons. The molecule has 0 saturated carbocycles. The quantitative estimate of drug-likeness (QED) is 0.407. The Balaban J connectivity index is 1.37. The maximum atomic E-state index is 11.8. The Hall–Kier alpha value is -2.67. The van der Waals surface area contributed by atoms with Crippen LogP contribution in [0.4, 0.5) is 0 Å². The summed E-state index contributed by atoms with van der Waals surface area (Å²) in [7, 11) is 0. The summed E-state index contributed by atoms with van der Waals surface area (Å²) < 4.78 is 16.7. The zero-order chi connectivity index (χ0) is 18.2. The first-order valence-corrected chi connectivity index (χ1v) is 8.92. The number of rotatable bonds is 8. The predicted molar refractivity (Wildman–Crippen MR) is 98.7 cm³/mol. The van der Waals surface area contributed by atoms with Gasteiger partial charge in [-0.25, -0.2) is 0 Å². The number of hydrogen-bond acceptors (Lipinski definition) is 6. The van der Waals surface area contributed by atoms with Crippen molar-refractivity contribution in [2.45, 2.75) is 12.8 Å². The van der Waals surface area contributed by atoms with Crippen LogP contribution in [0.15, 0.2) is 63.6 Å². The number of nitrogens with zero attached hydrogens (tertiary/aromatic N) is 2. The summed E-state index contributed by atoms with van der Waals surface area (Å²) >= 11 is 3.37. The van der Waals surface area contributed by atoms with Crippen LogP contribution in [0.5, 0.6) is 5.75 Å². The minimum absolute atomic E-state index is 0.174. The van der Waals surface area contributed by atoms with Crippen LogP contribution in [0, 0.1) is 0 Å². The molecule has 0 N–H and O–H groups in total. The molecule has 0 bridgehead atoms. The molecule has 0 fully saturated rings. The minimum atomic E-state index is -0.331. The van der Waals surface area contributed by atoms with Gasteiger partial charge in [0.15, 0.2) is 0 Å². The van der Waals surface area contributed by atoms with E-state index in [9.17, 15) is 4.79 Å². The third-order valence-corrected chi connectivity index (χ3v) is 3.95. The van der Waals surface area contributed by atoms with E-state index in [1.165, 1.54) is 0 Å². The molecule has 0 unspecified atom stereocenters. The molecule has 0 aliphatic rings. The lowest BCUT2D eigenvalue weighted by Crippen LogP contribution is -2.12. The standard InChI is InChI=1S/C19H17BrN2O4/c20-15-7-4-8-16(13-15)24-11-12-25-18(23)10-9-17-21-19(22-26-17)14-5-2-1-3-6-14/h1-8,13H,9-12H2. The number of ether oxygens (including phenoxy) is 2. The van der Waals surface area contributed by atoms with Gasteiger partial charge in [-0.05, 0) is 18.2 Å². The van der Waals surface area contributed by atoms with Crippen molar-refractivity contribution in [1.82, 2.24) is 10.1 Å². The molecule has 26 heavy (non-hydrogen) atoms. The van der Waals surface area contributed by atoms with Crippen molar-refractivity contribution < 1.29 is 18.8 Å². The third kappa shape index (κ3) is 5.42. The number of hydrogen-bond donors (Lipinski definition) is 0.